The quantitative estimate of drug-likeness (QED) is 0.721. The third-order valence-corrected chi connectivity index (χ3v) is 3.38. The Balaban J connectivity index is 4.44. The van der Waals surface area contributed by atoms with Gasteiger partial charge < -0.3 is 10.2 Å². The molecule has 96 valence electrons. The molecule has 0 saturated carbocycles. The van der Waals surface area contributed by atoms with E-state index in [-0.39, 0.29) is 0 Å². The van der Waals surface area contributed by atoms with E-state index in [0.717, 1.165) is 24.5 Å². The number of hydrogen-bond donors (Lipinski definition) is 1. The molecule has 0 aliphatic heterocycles. The molecule has 0 fully saturated rings. The van der Waals surface area contributed by atoms with Crippen molar-refractivity contribution in [2.45, 2.75) is 66.5 Å². The summed E-state index contributed by atoms with van der Waals surface area (Å²) in [6.07, 6.45) is 2.27. The van der Waals surface area contributed by atoms with Crippen molar-refractivity contribution < 1.29 is 0 Å². The largest absolute Gasteiger partial charge is 0.362 e. The third kappa shape index (κ3) is 5.15. The van der Waals surface area contributed by atoms with Crippen molar-refractivity contribution in [3.8, 4) is 0 Å². The first-order valence-electron chi connectivity index (χ1n) is 6.50. The molecule has 16 heavy (non-hydrogen) atoms. The Hall–Kier alpha value is -0.310. The van der Waals surface area contributed by atoms with Gasteiger partial charge in [-0.05, 0) is 44.8 Å². The standard InChI is InChI=1S/C13H28N2S/c1-7-11(5)15(12(6)8-2)13(16)14-9-10(3)4/h10-12H,7-9H2,1-6H3,(H,14,16). The van der Waals surface area contributed by atoms with Gasteiger partial charge in [0.05, 0.1) is 0 Å². The van der Waals surface area contributed by atoms with E-state index in [1.807, 2.05) is 0 Å². The van der Waals surface area contributed by atoms with Gasteiger partial charge in [-0.3, -0.25) is 0 Å². The molecule has 0 bridgehead atoms. The SMILES string of the molecule is CCC(C)N(C(=S)NCC(C)C)C(C)CC. The zero-order valence-corrected chi connectivity index (χ0v) is 12.5. The zero-order chi connectivity index (χ0) is 12.7. The maximum absolute atomic E-state index is 5.49. The highest BCUT2D eigenvalue weighted by molar-refractivity contribution is 7.80. The summed E-state index contributed by atoms with van der Waals surface area (Å²) in [5.74, 6) is 0.633. The third-order valence-electron chi connectivity index (χ3n) is 3.03. The van der Waals surface area contributed by atoms with Gasteiger partial charge in [0, 0.05) is 18.6 Å². The molecule has 0 aliphatic carbocycles. The van der Waals surface area contributed by atoms with Crippen molar-refractivity contribution in [2.24, 2.45) is 5.92 Å². The van der Waals surface area contributed by atoms with E-state index in [2.05, 4.69) is 51.8 Å². The second-order valence-electron chi connectivity index (χ2n) is 5.00. The van der Waals surface area contributed by atoms with Crippen molar-refractivity contribution in [2.75, 3.05) is 6.54 Å². The lowest BCUT2D eigenvalue weighted by atomic mass is 10.1. The Labute approximate surface area is 107 Å². The fourth-order valence-corrected chi connectivity index (χ4v) is 2.05. The second-order valence-corrected chi connectivity index (χ2v) is 5.39. The molecule has 0 aliphatic rings. The molecule has 0 rings (SSSR count). The van der Waals surface area contributed by atoms with Crippen LogP contribution in [0.5, 0.6) is 0 Å². The first kappa shape index (κ1) is 15.7. The summed E-state index contributed by atoms with van der Waals surface area (Å²) in [5.41, 5.74) is 0. The molecule has 2 atom stereocenters. The maximum Gasteiger partial charge on any atom is 0.169 e. The van der Waals surface area contributed by atoms with Crippen molar-refractivity contribution in [3.05, 3.63) is 0 Å². The fraction of sp³-hybridized carbons (Fsp3) is 0.923. The molecular weight excluding hydrogens is 216 g/mol. The smallest absolute Gasteiger partial charge is 0.169 e. The summed E-state index contributed by atoms with van der Waals surface area (Å²) in [5, 5.41) is 4.28. The predicted octanol–water partition coefficient (Wildman–Crippen LogP) is 3.42. The maximum atomic E-state index is 5.49. The van der Waals surface area contributed by atoms with E-state index in [1.165, 1.54) is 0 Å². The molecule has 0 aromatic carbocycles. The number of hydrogen-bond acceptors (Lipinski definition) is 1. The lowest BCUT2D eigenvalue weighted by molar-refractivity contribution is 0.247. The van der Waals surface area contributed by atoms with Crippen LogP contribution in [0.1, 0.15) is 54.4 Å². The van der Waals surface area contributed by atoms with Crippen LogP contribution in [0.15, 0.2) is 0 Å². The first-order chi connectivity index (χ1) is 7.43. The molecule has 0 spiro atoms. The number of nitrogens with one attached hydrogen (secondary N) is 1. The first-order valence-corrected chi connectivity index (χ1v) is 6.90. The van der Waals surface area contributed by atoms with Crippen LogP contribution < -0.4 is 5.32 Å². The van der Waals surface area contributed by atoms with Crippen LogP contribution in [0, 0.1) is 5.92 Å². The summed E-state index contributed by atoms with van der Waals surface area (Å²) in [6, 6.07) is 1.03. The Bertz CT molecular complexity index is 194. The average Bonchev–Trinajstić information content (AvgIpc) is 2.25. The average molecular weight is 244 g/mol. The molecule has 2 nitrogen and oxygen atoms in total. The highest BCUT2D eigenvalue weighted by Crippen LogP contribution is 2.12. The molecule has 0 aromatic heterocycles. The van der Waals surface area contributed by atoms with E-state index in [0.29, 0.717) is 18.0 Å². The van der Waals surface area contributed by atoms with Gasteiger partial charge in [-0.1, -0.05) is 27.7 Å². The van der Waals surface area contributed by atoms with Crippen LogP contribution in [0.3, 0.4) is 0 Å². The zero-order valence-electron chi connectivity index (χ0n) is 11.7. The van der Waals surface area contributed by atoms with E-state index in [1.54, 1.807) is 0 Å². The van der Waals surface area contributed by atoms with Gasteiger partial charge in [-0.2, -0.15) is 0 Å². The molecular formula is C13H28N2S. The normalized spacial score (nSPS) is 14.7. The minimum absolute atomic E-state index is 0.516. The molecule has 0 heterocycles. The molecule has 0 saturated heterocycles. The molecule has 1 N–H and O–H groups in total. The molecule has 0 amide bonds. The highest BCUT2D eigenvalue weighted by Gasteiger charge is 2.20. The van der Waals surface area contributed by atoms with Crippen molar-refractivity contribution in [3.63, 3.8) is 0 Å². The predicted molar refractivity (Wildman–Crippen MR) is 76.8 cm³/mol. The van der Waals surface area contributed by atoms with Crippen LogP contribution >= 0.6 is 12.2 Å². The van der Waals surface area contributed by atoms with Crippen LogP contribution in [0.2, 0.25) is 0 Å². The van der Waals surface area contributed by atoms with Gasteiger partial charge in [0.2, 0.25) is 0 Å². The highest BCUT2D eigenvalue weighted by atomic mass is 32.1. The Morgan fingerprint density at radius 1 is 1.06 bits per heavy atom. The van der Waals surface area contributed by atoms with E-state index < -0.39 is 0 Å². The summed E-state index contributed by atoms with van der Waals surface area (Å²) < 4.78 is 0. The fourth-order valence-electron chi connectivity index (χ4n) is 1.61. The van der Waals surface area contributed by atoms with E-state index in [4.69, 9.17) is 12.2 Å². The molecule has 3 heteroatoms. The summed E-state index contributed by atoms with van der Waals surface area (Å²) in [6.45, 7) is 14.3. The summed E-state index contributed by atoms with van der Waals surface area (Å²) >= 11 is 5.49. The van der Waals surface area contributed by atoms with Crippen molar-refractivity contribution in [1.29, 1.82) is 0 Å². The van der Waals surface area contributed by atoms with Crippen LogP contribution in [0.25, 0.3) is 0 Å². The van der Waals surface area contributed by atoms with Gasteiger partial charge in [-0.15, -0.1) is 0 Å². The number of rotatable bonds is 6. The van der Waals surface area contributed by atoms with Crippen LogP contribution in [0.4, 0.5) is 0 Å². The minimum atomic E-state index is 0.516. The van der Waals surface area contributed by atoms with Gasteiger partial charge in [0.1, 0.15) is 0 Å². The van der Waals surface area contributed by atoms with Gasteiger partial charge in [0.25, 0.3) is 0 Å². The Morgan fingerprint density at radius 2 is 1.50 bits per heavy atom. The van der Waals surface area contributed by atoms with Crippen LogP contribution in [-0.2, 0) is 0 Å². The minimum Gasteiger partial charge on any atom is -0.362 e. The van der Waals surface area contributed by atoms with Gasteiger partial charge in [0.15, 0.2) is 5.11 Å². The van der Waals surface area contributed by atoms with Crippen molar-refractivity contribution in [1.82, 2.24) is 10.2 Å². The summed E-state index contributed by atoms with van der Waals surface area (Å²) in [4.78, 5) is 2.34. The number of thiocarbonyl (C=S) groups is 1. The lowest BCUT2D eigenvalue weighted by Crippen LogP contribution is -2.49. The Kier molecular flexibility index (Phi) is 7.73. The molecule has 0 aromatic rings. The number of nitrogens with zero attached hydrogens (tertiary/aromatic N) is 1. The van der Waals surface area contributed by atoms with Crippen molar-refractivity contribution >= 4 is 17.3 Å². The van der Waals surface area contributed by atoms with Gasteiger partial charge >= 0.3 is 0 Å². The van der Waals surface area contributed by atoms with E-state index >= 15 is 0 Å². The van der Waals surface area contributed by atoms with Gasteiger partial charge in [-0.25, -0.2) is 0 Å². The second kappa shape index (κ2) is 7.88. The topological polar surface area (TPSA) is 15.3 Å². The van der Waals surface area contributed by atoms with Crippen LogP contribution in [-0.4, -0.2) is 28.6 Å². The molecule has 2 unspecified atom stereocenters. The summed E-state index contributed by atoms with van der Waals surface area (Å²) in [7, 11) is 0. The van der Waals surface area contributed by atoms with E-state index in [9.17, 15) is 0 Å². The monoisotopic (exact) mass is 244 g/mol. The Morgan fingerprint density at radius 3 is 1.81 bits per heavy atom. The lowest BCUT2D eigenvalue weighted by Gasteiger charge is -2.36. The molecule has 0 radical (unpaired) electrons.